The molecule has 0 N–H and O–H groups in total. The summed E-state index contributed by atoms with van der Waals surface area (Å²) in [5, 5.41) is 0. The topological polar surface area (TPSA) is 105 Å². The molecule has 4 aromatic rings. The van der Waals surface area contributed by atoms with Crippen molar-refractivity contribution in [1.29, 1.82) is 0 Å². The molecule has 1 unspecified atom stereocenters. The lowest BCUT2D eigenvalue weighted by atomic mass is 9.98. The van der Waals surface area contributed by atoms with Crippen LogP contribution in [-0.4, -0.2) is 44.4 Å². The largest absolute Gasteiger partial charge is 0.756 e. The number of phosphoric acid groups is 1. The highest BCUT2D eigenvalue weighted by molar-refractivity contribution is 7.45. The first-order valence-corrected chi connectivity index (χ1v) is 16.3. The summed E-state index contributed by atoms with van der Waals surface area (Å²) in [4.78, 5) is 13.4. The molecule has 0 amide bonds. The second kappa shape index (κ2) is 16.9. The Labute approximate surface area is 264 Å². The molecule has 0 radical (unpaired) electrons. The fourth-order valence-electron chi connectivity index (χ4n) is 5.01. The molecule has 1 aliphatic rings. The number of hydrogen-bond donors (Lipinski definition) is 0. The highest BCUT2D eigenvalue weighted by Crippen LogP contribution is 2.45. The van der Waals surface area contributed by atoms with Crippen LogP contribution >= 0.6 is 7.82 Å². The molecule has 0 bridgehead atoms. The van der Waals surface area contributed by atoms with E-state index in [1.54, 1.807) is 24.3 Å². The summed E-state index contributed by atoms with van der Waals surface area (Å²) >= 11 is 0. The van der Waals surface area contributed by atoms with Crippen molar-refractivity contribution in [3.8, 4) is 0 Å². The van der Waals surface area contributed by atoms with Gasteiger partial charge in [0, 0.05) is 7.11 Å². The third-order valence-electron chi connectivity index (χ3n) is 7.27. The second-order valence-corrected chi connectivity index (χ2v) is 11.9. The van der Waals surface area contributed by atoms with Crippen LogP contribution in [0.5, 0.6) is 0 Å². The van der Waals surface area contributed by atoms with Crippen molar-refractivity contribution in [2.45, 2.75) is 57.1 Å². The van der Waals surface area contributed by atoms with Crippen molar-refractivity contribution in [1.82, 2.24) is 0 Å². The molecule has 0 saturated carbocycles. The molecule has 4 aromatic carbocycles. The second-order valence-electron chi connectivity index (χ2n) is 10.6. The van der Waals surface area contributed by atoms with Crippen molar-refractivity contribution in [3.05, 3.63) is 144 Å². The quantitative estimate of drug-likeness (QED) is 0.141. The average molecular weight is 634 g/mol. The van der Waals surface area contributed by atoms with Gasteiger partial charge in [-0.25, -0.2) is 0 Å². The van der Waals surface area contributed by atoms with E-state index in [4.69, 9.17) is 32.7 Å². The Morgan fingerprint density at radius 3 is 1.56 bits per heavy atom. The molecule has 1 saturated heterocycles. The molecule has 0 spiro atoms. The third-order valence-corrected chi connectivity index (χ3v) is 8.22. The Bertz CT molecular complexity index is 1440. The van der Waals surface area contributed by atoms with Gasteiger partial charge >= 0.3 is 0 Å². The first-order valence-electron chi connectivity index (χ1n) is 14.8. The number of benzene rings is 4. The van der Waals surface area contributed by atoms with Gasteiger partial charge in [0.05, 0.1) is 33.0 Å². The van der Waals surface area contributed by atoms with Gasteiger partial charge in [-0.1, -0.05) is 121 Å². The standard InChI is InChI=1S/C35H39O9P/c1-38-35-34(41-24-29-18-10-4-11-19-29)33(44-45(36,37)42-25-30-20-12-5-13-21-30)32(40-23-28-16-8-3-9-17-28)31(43-35)26-39-22-27-14-6-2-7-15-27/h2-21,31-35H,22-26H2,1H3,(H,36,37)/p-1/t31-,32-,33+,34+,35+/m1/s1. The van der Waals surface area contributed by atoms with Crippen LogP contribution in [0.3, 0.4) is 0 Å². The minimum absolute atomic E-state index is 0.0769. The number of methoxy groups -OCH3 is 1. The number of phosphoric ester groups is 1. The van der Waals surface area contributed by atoms with E-state index in [1.165, 1.54) is 7.11 Å². The van der Waals surface area contributed by atoms with Gasteiger partial charge in [0.15, 0.2) is 6.29 Å². The lowest BCUT2D eigenvalue weighted by molar-refractivity contribution is -0.321. The van der Waals surface area contributed by atoms with Crippen molar-refractivity contribution in [3.63, 3.8) is 0 Å². The molecule has 10 heteroatoms. The summed E-state index contributed by atoms with van der Waals surface area (Å²) in [6, 6.07) is 37.8. The summed E-state index contributed by atoms with van der Waals surface area (Å²) in [7, 11) is -3.42. The maximum Gasteiger partial charge on any atom is 0.268 e. The maximum absolute atomic E-state index is 13.4. The highest BCUT2D eigenvalue weighted by Gasteiger charge is 2.50. The van der Waals surface area contributed by atoms with Crippen LogP contribution in [0.25, 0.3) is 0 Å². The SMILES string of the molecule is CO[C@H]1O[C@H](COCc2ccccc2)[C@@H](OCc2ccccc2)[C@H](OP(=O)([O-])OCc2ccccc2)[C@@H]1OCc1ccccc1. The zero-order valence-corrected chi connectivity index (χ0v) is 26.0. The first kappa shape index (κ1) is 33.2. The maximum atomic E-state index is 13.4. The van der Waals surface area contributed by atoms with Gasteiger partial charge in [0.1, 0.15) is 24.4 Å². The molecule has 0 aliphatic carbocycles. The zero-order valence-electron chi connectivity index (χ0n) is 25.1. The molecule has 9 nitrogen and oxygen atoms in total. The lowest BCUT2D eigenvalue weighted by Gasteiger charge is -2.46. The summed E-state index contributed by atoms with van der Waals surface area (Å²) in [5.74, 6) is 0. The van der Waals surface area contributed by atoms with Gasteiger partial charge < -0.3 is 37.6 Å². The molecule has 45 heavy (non-hydrogen) atoms. The third kappa shape index (κ3) is 10.1. The van der Waals surface area contributed by atoms with E-state index in [2.05, 4.69) is 0 Å². The fraction of sp³-hybridized carbons (Fsp3) is 0.314. The summed E-state index contributed by atoms with van der Waals surface area (Å²) in [5.41, 5.74) is 3.43. The van der Waals surface area contributed by atoms with Crippen LogP contribution in [-0.2, 0) is 63.7 Å². The van der Waals surface area contributed by atoms with Crippen molar-refractivity contribution in [2.75, 3.05) is 13.7 Å². The van der Waals surface area contributed by atoms with Crippen LogP contribution in [0.15, 0.2) is 121 Å². The fourth-order valence-corrected chi connectivity index (χ4v) is 5.91. The van der Waals surface area contributed by atoms with Crippen LogP contribution in [0.4, 0.5) is 0 Å². The number of hydrogen-bond acceptors (Lipinski definition) is 9. The van der Waals surface area contributed by atoms with E-state index in [1.807, 2.05) is 97.1 Å². The predicted octanol–water partition coefficient (Wildman–Crippen LogP) is 5.82. The Hall–Kier alpha value is -3.21. The Kier molecular flexibility index (Phi) is 12.5. The van der Waals surface area contributed by atoms with Gasteiger partial charge in [0.2, 0.25) is 0 Å². The first-order chi connectivity index (χ1) is 22.0. The normalized spacial score (nSPS) is 22.9. The molecule has 5 rings (SSSR count). The Morgan fingerprint density at radius 1 is 0.622 bits per heavy atom. The summed E-state index contributed by atoms with van der Waals surface area (Å²) in [6.45, 7) is 0.536. The van der Waals surface area contributed by atoms with Crippen LogP contribution < -0.4 is 4.89 Å². The van der Waals surface area contributed by atoms with Gasteiger partial charge in [-0.2, -0.15) is 0 Å². The molecular formula is C35H38O9P-. The van der Waals surface area contributed by atoms with Gasteiger partial charge in [-0.05, 0) is 22.3 Å². The lowest BCUT2D eigenvalue weighted by Crippen LogP contribution is -2.61. The molecular weight excluding hydrogens is 595 g/mol. The molecule has 1 aliphatic heterocycles. The van der Waals surface area contributed by atoms with Crippen molar-refractivity contribution in [2.24, 2.45) is 0 Å². The highest BCUT2D eigenvalue weighted by atomic mass is 31.2. The van der Waals surface area contributed by atoms with Crippen LogP contribution in [0, 0.1) is 0 Å². The van der Waals surface area contributed by atoms with Gasteiger partial charge in [0.25, 0.3) is 7.82 Å². The molecule has 238 valence electrons. The monoisotopic (exact) mass is 633 g/mol. The van der Waals surface area contributed by atoms with Gasteiger partial charge in [-0.15, -0.1) is 0 Å². The number of ether oxygens (including phenoxy) is 5. The summed E-state index contributed by atoms with van der Waals surface area (Å²) in [6.07, 6.45) is -4.88. The smallest absolute Gasteiger partial charge is 0.268 e. The summed E-state index contributed by atoms with van der Waals surface area (Å²) < 4.78 is 55.3. The van der Waals surface area contributed by atoms with E-state index in [0.717, 1.165) is 16.7 Å². The van der Waals surface area contributed by atoms with Gasteiger partial charge in [-0.3, -0.25) is 4.57 Å². The minimum Gasteiger partial charge on any atom is -0.756 e. The Morgan fingerprint density at radius 2 is 1.07 bits per heavy atom. The molecule has 1 heterocycles. The van der Waals surface area contributed by atoms with E-state index in [-0.39, 0.29) is 26.4 Å². The van der Waals surface area contributed by atoms with E-state index in [9.17, 15) is 9.46 Å². The van der Waals surface area contributed by atoms with Crippen LogP contribution in [0.1, 0.15) is 22.3 Å². The average Bonchev–Trinajstić information content (AvgIpc) is 3.08. The molecule has 6 atom stereocenters. The van der Waals surface area contributed by atoms with E-state index < -0.39 is 38.5 Å². The minimum atomic E-state index is -4.89. The predicted molar refractivity (Wildman–Crippen MR) is 166 cm³/mol. The number of rotatable bonds is 16. The molecule has 1 fully saturated rings. The Balaban J connectivity index is 1.41. The van der Waals surface area contributed by atoms with E-state index in [0.29, 0.717) is 12.2 Å². The van der Waals surface area contributed by atoms with Crippen molar-refractivity contribution >= 4 is 7.82 Å². The van der Waals surface area contributed by atoms with Crippen LogP contribution in [0.2, 0.25) is 0 Å². The zero-order chi connectivity index (χ0) is 31.3. The molecule has 0 aromatic heterocycles. The van der Waals surface area contributed by atoms with E-state index >= 15 is 0 Å². The van der Waals surface area contributed by atoms with Crippen molar-refractivity contribution < 1.29 is 42.2 Å².